The molecule has 0 aromatic heterocycles. The largest absolute Gasteiger partial charge is 0.318 e. The molecule has 120 valence electrons. The zero-order valence-corrected chi connectivity index (χ0v) is 13.7. The lowest BCUT2D eigenvalue weighted by molar-refractivity contribution is -0.132. The Morgan fingerprint density at radius 3 is 2.38 bits per heavy atom. The maximum atomic E-state index is 12.2. The number of rotatable bonds is 2. The van der Waals surface area contributed by atoms with Crippen LogP contribution in [0.2, 0.25) is 5.02 Å². The molecule has 0 unspecified atom stereocenters. The summed E-state index contributed by atoms with van der Waals surface area (Å²) in [4.78, 5) is 24.2. The summed E-state index contributed by atoms with van der Waals surface area (Å²) in [5, 5.41) is 7.58. The molecule has 5 heteroatoms. The third-order valence-electron chi connectivity index (χ3n) is 3.67. The average Bonchev–Trinajstić information content (AvgIpc) is 2.58. The molecule has 2 amide bonds. The van der Waals surface area contributed by atoms with Gasteiger partial charge >= 0.3 is 11.8 Å². The summed E-state index contributed by atoms with van der Waals surface area (Å²) in [6.07, 6.45) is 0. The fraction of sp³-hybridized carbons (Fsp3) is 0.0526. The van der Waals surface area contributed by atoms with Crippen LogP contribution < -0.4 is 10.6 Å². The Morgan fingerprint density at radius 1 is 0.875 bits per heavy atom. The summed E-state index contributed by atoms with van der Waals surface area (Å²) in [5.41, 5.74) is 1.97. The number of carbonyl (C=O) groups excluding carboxylic acids is 2. The molecule has 0 saturated carbocycles. The standard InChI is InChI=1S/C19H15ClN2O2/c1-12-9-10-14(11-16(12)20)21-18(23)19(24)22-17-8-4-6-13-5-2-3-7-15(13)17/h2-11H,1H3,(H,21,23)(H,22,24). The molecule has 0 fully saturated rings. The maximum absolute atomic E-state index is 12.2. The summed E-state index contributed by atoms with van der Waals surface area (Å²) in [6, 6.07) is 18.3. The minimum atomic E-state index is -0.747. The first-order valence-electron chi connectivity index (χ1n) is 7.41. The zero-order chi connectivity index (χ0) is 17.1. The molecule has 0 heterocycles. The van der Waals surface area contributed by atoms with Crippen molar-refractivity contribution < 1.29 is 9.59 Å². The van der Waals surface area contributed by atoms with Crippen LogP contribution >= 0.6 is 11.6 Å². The van der Waals surface area contributed by atoms with Crippen LogP contribution in [0.4, 0.5) is 11.4 Å². The highest BCUT2D eigenvalue weighted by Crippen LogP contribution is 2.23. The molecule has 0 spiro atoms. The minimum absolute atomic E-state index is 0.476. The van der Waals surface area contributed by atoms with Crippen molar-refractivity contribution in [1.29, 1.82) is 0 Å². The molecule has 24 heavy (non-hydrogen) atoms. The van der Waals surface area contributed by atoms with Crippen molar-refractivity contribution in [2.45, 2.75) is 6.92 Å². The SMILES string of the molecule is Cc1ccc(NC(=O)C(=O)Nc2cccc3ccccc23)cc1Cl. The molecule has 0 radical (unpaired) electrons. The van der Waals surface area contributed by atoms with Crippen LogP contribution in [0.5, 0.6) is 0 Å². The van der Waals surface area contributed by atoms with Crippen LogP contribution in [0.25, 0.3) is 10.8 Å². The average molecular weight is 339 g/mol. The fourth-order valence-electron chi connectivity index (χ4n) is 2.37. The number of aryl methyl sites for hydroxylation is 1. The third-order valence-corrected chi connectivity index (χ3v) is 4.08. The molecular formula is C19H15ClN2O2. The Labute approximate surface area is 144 Å². The van der Waals surface area contributed by atoms with Gasteiger partial charge in [-0.15, -0.1) is 0 Å². The van der Waals surface area contributed by atoms with E-state index in [0.29, 0.717) is 16.4 Å². The summed E-state index contributed by atoms with van der Waals surface area (Å²) in [5.74, 6) is -1.48. The van der Waals surface area contributed by atoms with Crippen molar-refractivity contribution in [3.63, 3.8) is 0 Å². The van der Waals surface area contributed by atoms with E-state index in [2.05, 4.69) is 10.6 Å². The van der Waals surface area contributed by atoms with Crippen molar-refractivity contribution in [3.05, 3.63) is 71.2 Å². The van der Waals surface area contributed by atoms with Gasteiger partial charge in [-0.1, -0.05) is 54.1 Å². The van der Waals surface area contributed by atoms with E-state index in [0.717, 1.165) is 16.3 Å². The second kappa shape index (κ2) is 6.72. The summed E-state index contributed by atoms with van der Waals surface area (Å²) < 4.78 is 0. The van der Waals surface area contributed by atoms with Crippen LogP contribution in [0.3, 0.4) is 0 Å². The molecule has 3 rings (SSSR count). The minimum Gasteiger partial charge on any atom is -0.318 e. The van der Waals surface area contributed by atoms with Gasteiger partial charge < -0.3 is 10.6 Å². The van der Waals surface area contributed by atoms with Crippen LogP contribution in [-0.2, 0) is 9.59 Å². The van der Waals surface area contributed by atoms with Gasteiger partial charge in [0.05, 0.1) is 0 Å². The number of fused-ring (bicyclic) bond motifs is 1. The Bertz CT molecular complexity index is 932. The van der Waals surface area contributed by atoms with Gasteiger partial charge in [0.2, 0.25) is 0 Å². The maximum Gasteiger partial charge on any atom is 0.314 e. The first-order valence-corrected chi connectivity index (χ1v) is 7.78. The van der Waals surface area contributed by atoms with Gasteiger partial charge in [0.15, 0.2) is 0 Å². The number of benzene rings is 3. The van der Waals surface area contributed by atoms with E-state index in [1.807, 2.05) is 43.3 Å². The van der Waals surface area contributed by atoms with Crippen LogP contribution in [-0.4, -0.2) is 11.8 Å². The van der Waals surface area contributed by atoms with Gasteiger partial charge in [-0.3, -0.25) is 9.59 Å². The molecule has 3 aromatic rings. The van der Waals surface area contributed by atoms with Crippen molar-refractivity contribution in [1.82, 2.24) is 0 Å². The summed E-state index contributed by atoms with van der Waals surface area (Å²) >= 11 is 6.02. The molecular weight excluding hydrogens is 324 g/mol. The molecule has 4 nitrogen and oxygen atoms in total. The van der Waals surface area contributed by atoms with Crippen molar-refractivity contribution in [2.75, 3.05) is 10.6 Å². The van der Waals surface area contributed by atoms with Gasteiger partial charge in [0.1, 0.15) is 0 Å². The molecule has 3 aromatic carbocycles. The Kier molecular flexibility index (Phi) is 4.49. The van der Waals surface area contributed by atoms with E-state index in [9.17, 15) is 9.59 Å². The molecule has 0 saturated heterocycles. The van der Waals surface area contributed by atoms with Crippen LogP contribution in [0.1, 0.15) is 5.56 Å². The van der Waals surface area contributed by atoms with E-state index >= 15 is 0 Å². The predicted molar refractivity (Wildman–Crippen MR) is 97.4 cm³/mol. The highest BCUT2D eigenvalue weighted by atomic mass is 35.5. The van der Waals surface area contributed by atoms with Gasteiger partial charge in [-0.25, -0.2) is 0 Å². The van der Waals surface area contributed by atoms with E-state index < -0.39 is 11.8 Å². The molecule has 0 atom stereocenters. The van der Waals surface area contributed by atoms with Crippen LogP contribution in [0.15, 0.2) is 60.7 Å². The molecule has 2 N–H and O–H groups in total. The quantitative estimate of drug-likeness (QED) is 0.681. The number of hydrogen-bond acceptors (Lipinski definition) is 2. The second-order valence-electron chi connectivity index (χ2n) is 5.40. The number of carbonyl (C=O) groups is 2. The van der Waals surface area contributed by atoms with Gasteiger partial charge in [-0.05, 0) is 36.1 Å². The number of halogens is 1. The number of nitrogens with one attached hydrogen (secondary N) is 2. The van der Waals surface area contributed by atoms with Crippen molar-refractivity contribution in [2.24, 2.45) is 0 Å². The Balaban J connectivity index is 1.76. The van der Waals surface area contributed by atoms with E-state index in [4.69, 9.17) is 11.6 Å². The highest BCUT2D eigenvalue weighted by Gasteiger charge is 2.15. The molecule has 0 aliphatic heterocycles. The Hall–Kier alpha value is -2.85. The molecule has 0 bridgehead atoms. The van der Waals surface area contributed by atoms with Gasteiger partial charge in [0.25, 0.3) is 0 Å². The molecule has 0 aliphatic carbocycles. The number of amides is 2. The second-order valence-corrected chi connectivity index (χ2v) is 5.81. The zero-order valence-electron chi connectivity index (χ0n) is 13.0. The fourth-order valence-corrected chi connectivity index (χ4v) is 2.55. The Morgan fingerprint density at radius 2 is 1.58 bits per heavy atom. The van der Waals surface area contributed by atoms with E-state index in [1.54, 1.807) is 24.3 Å². The first kappa shape index (κ1) is 16.0. The van der Waals surface area contributed by atoms with Gasteiger partial charge in [0, 0.05) is 21.8 Å². The smallest absolute Gasteiger partial charge is 0.314 e. The molecule has 0 aliphatic rings. The van der Waals surface area contributed by atoms with Crippen LogP contribution in [0, 0.1) is 6.92 Å². The van der Waals surface area contributed by atoms with E-state index in [-0.39, 0.29) is 0 Å². The third kappa shape index (κ3) is 3.39. The van der Waals surface area contributed by atoms with Crippen molar-refractivity contribution >= 4 is 45.6 Å². The normalized spacial score (nSPS) is 10.4. The number of anilines is 2. The van der Waals surface area contributed by atoms with Gasteiger partial charge in [-0.2, -0.15) is 0 Å². The topological polar surface area (TPSA) is 58.2 Å². The highest BCUT2D eigenvalue weighted by molar-refractivity contribution is 6.44. The lowest BCUT2D eigenvalue weighted by Gasteiger charge is -2.09. The first-order chi connectivity index (χ1) is 11.5. The lowest BCUT2D eigenvalue weighted by atomic mass is 10.1. The summed E-state index contributed by atoms with van der Waals surface area (Å²) in [7, 11) is 0. The van der Waals surface area contributed by atoms with E-state index in [1.165, 1.54) is 0 Å². The lowest BCUT2D eigenvalue weighted by Crippen LogP contribution is -2.29. The predicted octanol–water partition coefficient (Wildman–Crippen LogP) is 4.38. The van der Waals surface area contributed by atoms with Crippen molar-refractivity contribution in [3.8, 4) is 0 Å². The number of hydrogen-bond donors (Lipinski definition) is 2. The monoisotopic (exact) mass is 338 g/mol. The summed E-state index contributed by atoms with van der Waals surface area (Å²) in [6.45, 7) is 1.86.